The SMILES string of the molecule is c1ccc(Sc2ccc3c(c2)CCCN3)cc1. The molecule has 1 N–H and O–H groups in total. The minimum atomic E-state index is 1.11. The van der Waals surface area contributed by atoms with E-state index in [4.69, 9.17) is 0 Å². The molecule has 0 aromatic heterocycles. The van der Waals surface area contributed by atoms with Gasteiger partial charge in [0.1, 0.15) is 0 Å². The Kier molecular flexibility index (Phi) is 3.06. The van der Waals surface area contributed by atoms with Gasteiger partial charge in [0.25, 0.3) is 0 Å². The average molecular weight is 241 g/mol. The third kappa shape index (κ3) is 2.47. The van der Waals surface area contributed by atoms with Crippen molar-refractivity contribution in [3.05, 3.63) is 54.1 Å². The van der Waals surface area contributed by atoms with Crippen LogP contribution in [-0.2, 0) is 6.42 Å². The second-order valence-corrected chi connectivity index (χ2v) is 5.41. The molecule has 86 valence electrons. The van der Waals surface area contributed by atoms with E-state index in [-0.39, 0.29) is 0 Å². The van der Waals surface area contributed by atoms with Gasteiger partial charge >= 0.3 is 0 Å². The van der Waals surface area contributed by atoms with Crippen LogP contribution in [0.25, 0.3) is 0 Å². The van der Waals surface area contributed by atoms with Crippen LogP contribution < -0.4 is 5.32 Å². The molecule has 2 aromatic rings. The number of rotatable bonds is 2. The maximum absolute atomic E-state index is 3.44. The van der Waals surface area contributed by atoms with E-state index < -0.39 is 0 Å². The third-order valence-electron chi connectivity index (χ3n) is 2.99. The molecular formula is C15H15NS. The largest absolute Gasteiger partial charge is 0.385 e. The summed E-state index contributed by atoms with van der Waals surface area (Å²) in [6.07, 6.45) is 2.44. The highest BCUT2D eigenvalue weighted by Gasteiger charge is 2.08. The first-order valence-corrected chi connectivity index (χ1v) is 6.83. The smallest absolute Gasteiger partial charge is 0.0373 e. The first-order chi connectivity index (χ1) is 8.42. The molecular weight excluding hydrogens is 226 g/mol. The van der Waals surface area contributed by atoms with Crippen LogP contribution >= 0.6 is 11.8 Å². The molecule has 0 saturated heterocycles. The summed E-state index contributed by atoms with van der Waals surface area (Å²) in [6.45, 7) is 1.11. The van der Waals surface area contributed by atoms with Gasteiger partial charge in [-0.3, -0.25) is 0 Å². The fraction of sp³-hybridized carbons (Fsp3) is 0.200. The molecule has 0 aliphatic carbocycles. The lowest BCUT2D eigenvalue weighted by molar-refractivity contribution is 0.827. The van der Waals surface area contributed by atoms with Crippen molar-refractivity contribution in [2.24, 2.45) is 0 Å². The Morgan fingerprint density at radius 2 is 1.82 bits per heavy atom. The van der Waals surface area contributed by atoms with E-state index in [1.54, 1.807) is 0 Å². The molecule has 0 atom stereocenters. The maximum Gasteiger partial charge on any atom is 0.0373 e. The summed E-state index contributed by atoms with van der Waals surface area (Å²) in [5.41, 5.74) is 2.77. The summed E-state index contributed by atoms with van der Waals surface area (Å²) in [7, 11) is 0. The van der Waals surface area contributed by atoms with Crippen LogP contribution in [0.1, 0.15) is 12.0 Å². The molecule has 0 saturated carbocycles. The number of benzene rings is 2. The van der Waals surface area contributed by atoms with Crippen molar-refractivity contribution < 1.29 is 0 Å². The van der Waals surface area contributed by atoms with Gasteiger partial charge in [0.2, 0.25) is 0 Å². The van der Waals surface area contributed by atoms with Crippen molar-refractivity contribution in [2.45, 2.75) is 22.6 Å². The molecule has 0 spiro atoms. The average Bonchev–Trinajstić information content (AvgIpc) is 2.40. The number of hydrogen-bond donors (Lipinski definition) is 1. The van der Waals surface area contributed by atoms with Gasteiger partial charge in [-0.05, 0) is 48.7 Å². The summed E-state index contributed by atoms with van der Waals surface area (Å²) in [5.74, 6) is 0. The topological polar surface area (TPSA) is 12.0 Å². The van der Waals surface area contributed by atoms with Crippen LogP contribution in [0.5, 0.6) is 0 Å². The summed E-state index contributed by atoms with van der Waals surface area (Å²) in [6, 6.07) is 17.3. The molecule has 1 aliphatic rings. The Morgan fingerprint density at radius 3 is 2.71 bits per heavy atom. The molecule has 0 unspecified atom stereocenters. The molecule has 17 heavy (non-hydrogen) atoms. The zero-order valence-electron chi connectivity index (χ0n) is 9.65. The van der Waals surface area contributed by atoms with Crippen molar-refractivity contribution in [3.8, 4) is 0 Å². The maximum atomic E-state index is 3.44. The van der Waals surface area contributed by atoms with Gasteiger partial charge in [-0.1, -0.05) is 30.0 Å². The Bertz CT molecular complexity index is 508. The Labute approximate surface area is 106 Å². The number of hydrogen-bond acceptors (Lipinski definition) is 2. The molecule has 0 fully saturated rings. The van der Waals surface area contributed by atoms with E-state index >= 15 is 0 Å². The standard InChI is InChI=1S/C15H15NS/c1-2-6-13(7-3-1)17-14-8-9-15-12(11-14)5-4-10-16-15/h1-3,6-9,11,16H,4-5,10H2. The number of fused-ring (bicyclic) bond motifs is 1. The number of anilines is 1. The van der Waals surface area contributed by atoms with Crippen molar-refractivity contribution in [1.29, 1.82) is 0 Å². The minimum Gasteiger partial charge on any atom is -0.385 e. The quantitative estimate of drug-likeness (QED) is 0.846. The van der Waals surface area contributed by atoms with E-state index in [1.807, 2.05) is 11.8 Å². The molecule has 1 heterocycles. The van der Waals surface area contributed by atoms with Crippen molar-refractivity contribution >= 4 is 17.4 Å². The number of nitrogens with one attached hydrogen (secondary N) is 1. The predicted molar refractivity (Wildman–Crippen MR) is 73.8 cm³/mol. The van der Waals surface area contributed by atoms with Gasteiger partial charge in [0, 0.05) is 22.0 Å². The summed E-state index contributed by atoms with van der Waals surface area (Å²) < 4.78 is 0. The lowest BCUT2D eigenvalue weighted by Crippen LogP contribution is -2.11. The van der Waals surface area contributed by atoms with E-state index in [2.05, 4.69) is 53.8 Å². The van der Waals surface area contributed by atoms with E-state index in [0.29, 0.717) is 0 Å². The lowest BCUT2D eigenvalue weighted by atomic mass is 10.0. The Morgan fingerprint density at radius 1 is 0.941 bits per heavy atom. The Balaban J connectivity index is 1.84. The highest BCUT2D eigenvalue weighted by Crippen LogP contribution is 2.31. The zero-order valence-corrected chi connectivity index (χ0v) is 10.5. The molecule has 0 amide bonds. The van der Waals surface area contributed by atoms with Gasteiger partial charge in [0.15, 0.2) is 0 Å². The molecule has 0 radical (unpaired) electrons. The second-order valence-electron chi connectivity index (χ2n) is 4.26. The highest BCUT2D eigenvalue weighted by atomic mass is 32.2. The Hall–Kier alpha value is -1.41. The van der Waals surface area contributed by atoms with Crippen LogP contribution in [0.2, 0.25) is 0 Å². The summed E-state index contributed by atoms with van der Waals surface area (Å²) in [4.78, 5) is 2.63. The molecule has 2 heteroatoms. The normalized spacial score (nSPS) is 13.9. The van der Waals surface area contributed by atoms with Crippen LogP contribution in [-0.4, -0.2) is 6.54 Å². The first-order valence-electron chi connectivity index (χ1n) is 6.01. The minimum absolute atomic E-state index is 1.11. The fourth-order valence-corrected chi connectivity index (χ4v) is 3.04. The fourth-order valence-electron chi connectivity index (χ4n) is 2.14. The first kappa shape index (κ1) is 10.7. The molecule has 1 aliphatic heterocycles. The summed E-state index contributed by atoms with van der Waals surface area (Å²) in [5, 5.41) is 3.44. The van der Waals surface area contributed by atoms with Gasteiger partial charge in [-0.2, -0.15) is 0 Å². The monoisotopic (exact) mass is 241 g/mol. The molecule has 0 bridgehead atoms. The molecule has 3 rings (SSSR count). The van der Waals surface area contributed by atoms with Gasteiger partial charge in [-0.25, -0.2) is 0 Å². The van der Waals surface area contributed by atoms with E-state index in [0.717, 1.165) is 6.54 Å². The van der Waals surface area contributed by atoms with Crippen LogP contribution in [0.3, 0.4) is 0 Å². The summed E-state index contributed by atoms with van der Waals surface area (Å²) >= 11 is 1.83. The van der Waals surface area contributed by atoms with Crippen LogP contribution in [0.4, 0.5) is 5.69 Å². The van der Waals surface area contributed by atoms with Crippen molar-refractivity contribution in [2.75, 3.05) is 11.9 Å². The second kappa shape index (κ2) is 4.84. The molecule has 2 aromatic carbocycles. The van der Waals surface area contributed by atoms with Crippen molar-refractivity contribution in [1.82, 2.24) is 0 Å². The highest BCUT2D eigenvalue weighted by molar-refractivity contribution is 7.99. The zero-order chi connectivity index (χ0) is 11.5. The van der Waals surface area contributed by atoms with Crippen molar-refractivity contribution in [3.63, 3.8) is 0 Å². The molecule has 1 nitrogen and oxygen atoms in total. The van der Waals surface area contributed by atoms with E-state index in [1.165, 1.54) is 33.9 Å². The lowest BCUT2D eigenvalue weighted by Gasteiger charge is -2.18. The van der Waals surface area contributed by atoms with Crippen LogP contribution in [0.15, 0.2) is 58.3 Å². The number of aryl methyl sites for hydroxylation is 1. The predicted octanol–water partition coefficient (Wildman–Crippen LogP) is 4.20. The van der Waals surface area contributed by atoms with E-state index in [9.17, 15) is 0 Å². The van der Waals surface area contributed by atoms with Gasteiger partial charge in [0.05, 0.1) is 0 Å². The third-order valence-corrected chi connectivity index (χ3v) is 3.99. The van der Waals surface area contributed by atoms with Crippen LogP contribution in [0, 0.1) is 0 Å². The van der Waals surface area contributed by atoms with Gasteiger partial charge in [-0.15, -0.1) is 0 Å². The van der Waals surface area contributed by atoms with Gasteiger partial charge < -0.3 is 5.32 Å².